The number of aliphatic hydroxyl groups excluding tert-OH is 1. The van der Waals surface area contributed by atoms with E-state index in [0.29, 0.717) is 0 Å². The SMILES string of the molecule is CCOC(=O)c1cn(C(C)CO)c2cc(F)c(F)cc2c1=O. The van der Waals surface area contributed by atoms with Crippen LogP contribution in [-0.4, -0.2) is 28.9 Å². The minimum Gasteiger partial charge on any atom is -0.462 e. The summed E-state index contributed by atoms with van der Waals surface area (Å²) >= 11 is 0. The molecule has 1 N–H and O–H groups in total. The fourth-order valence-corrected chi connectivity index (χ4v) is 2.15. The van der Waals surface area contributed by atoms with E-state index in [-0.39, 0.29) is 29.7 Å². The molecule has 1 atom stereocenters. The van der Waals surface area contributed by atoms with Gasteiger partial charge in [0.2, 0.25) is 5.43 Å². The lowest BCUT2D eigenvalue weighted by Crippen LogP contribution is -2.23. The fraction of sp³-hybridized carbons (Fsp3) is 0.333. The zero-order chi connectivity index (χ0) is 16.4. The Hall–Kier alpha value is -2.28. The van der Waals surface area contributed by atoms with Crippen LogP contribution in [0.1, 0.15) is 30.2 Å². The van der Waals surface area contributed by atoms with Gasteiger partial charge in [0.05, 0.1) is 24.8 Å². The number of benzene rings is 1. The average molecular weight is 311 g/mol. The minimum atomic E-state index is -1.19. The third-order valence-electron chi connectivity index (χ3n) is 3.31. The van der Waals surface area contributed by atoms with Crippen molar-refractivity contribution in [1.29, 1.82) is 0 Å². The van der Waals surface area contributed by atoms with E-state index in [4.69, 9.17) is 4.74 Å². The van der Waals surface area contributed by atoms with E-state index >= 15 is 0 Å². The molecule has 1 unspecified atom stereocenters. The number of aliphatic hydroxyl groups is 1. The number of carbonyl (C=O) groups excluding carboxylic acids is 1. The van der Waals surface area contributed by atoms with Gasteiger partial charge in [-0.25, -0.2) is 13.6 Å². The molecule has 0 aliphatic heterocycles. The van der Waals surface area contributed by atoms with Crippen LogP contribution in [0.15, 0.2) is 23.1 Å². The van der Waals surface area contributed by atoms with Crippen LogP contribution in [0.5, 0.6) is 0 Å². The number of ether oxygens (including phenoxy) is 1. The molecule has 0 bridgehead atoms. The molecule has 0 spiro atoms. The molecule has 0 saturated heterocycles. The van der Waals surface area contributed by atoms with Gasteiger partial charge in [-0.1, -0.05) is 0 Å². The van der Waals surface area contributed by atoms with Crippen LogP contribution >= 0.6 is 0 Å². The topological polar surface area (TPSA) is 68.5 Å². The zero-order valence-corrected chi connectivity index (χ0v) is 12.1. The number of hydrogen-bond acceptors (Lipinski definition) is 4. The molecule has 5 nitrogen and oxygen atoms in total. The van der Waals surface area contributed by atoms with Crippen LogP contribution in [0.2, 0.25) is 0 Å². The summed E-state index contributed by atoms with van der Waals surface area (Å²) in [5.74, 6) is -3.15. The Morgan fingerprint density at radius 2 is 2.00 bits per heavy atom. The third kappa shape index (κ3) is 2.71. The molecule has 2 aromatic rings. The second-order valence-corrected chi connectivity index (χ2v) is 4.81. The molecule has 0 fully saturated rings. The summed E-state index contributed by atoms with van der Waals surface area (Å²) in [7, 11) is 0. The summed E-state index contributed by atoms with van der Waals surface area (Å²) in [6, 6.07) is 1.07. The number of fused-ring (bicyclic) bond motifs is 1. The molecule has 1 aromatic heterocycles. The molecule has 1 heterocycles. The Morgan fingerprint density at radius 3 is 2.59 bits per heavy atom. The number of carbonyl (C=O) groups is 1. The fourth-order valence-electron chi connectivity index (χ4n) is 2.15. The number of rotatable bonds is 4. The molecule has 0 amide bonds. The van der Waals surface area contributed by atoms with Gasteiger partial charge in [0.25, 0.3) is 0 Å². The summed E-state index contributed by atoms with van der Waals surface area (Å²) in [5, 5.41) is 9.14. The largest absolute Gasteiger partial charge is 0.462 e. The molecule has 22 heavy (non-hydrogen) atoms. The maximum atomic E-state index is 13.5. The third-order valence-corrected chi connectivity index (χ3v) is 3.31. The van der Waals surface area contributed by atoms with E-state index in [1.807, 2.05) is 0 Å². The van der Waals surface area contributed by atoms with Crippen molar-refractivity contribution in [2.45, 2.75) is 19.9 Å². The predicted molar refractivity (Wildman–Crippen MR) is 75.9 cm³/mol. The number of halogens is 2. The van der Waals surface area contributed by atoms with Crippen LogP contribution in [-0.2, 0) is 4.74 Å². The van der Waals surface area contributed by atoms with Crippen molar-refractivity contribution in [3.05, 3.63) is 45.8 Å². The Morgan fingerprint density at radius 1 is 1.36 bits per heavy atom. The lowest BCUT2D eigenvalue weighted by atomic mass is 10.1. The van der Waals surface area contributed by atoms with E-state index in [1.165, 1.54) is 10.8 Å². The second-order valence-electron chi connectivity index (χ2n) is 4.81. The van der Waals surface area contributed by atoms with Gasteiger partial charge >= 0.3 is 5.97 Å². The Labute approximate surface area is 124 Å². The average Bonchev–Trinajstić information content (AvgIpc) is 2.49. The summed E-state index contributed by atoms with van der Waals surface area (Å²) in [6.45, 7) is 2.96. The second kappa shape index (κ2) is 6.23. The number of nitrogens with zero attached hydrogens (tertiary/aromatic N) is 1. The molecule has 7 heteroatoms. The summed E-state index contributed by atoms with van der Waals surface area (Å²) in [6.07, 6.45) is 1.20. The Bertz CT molecular complexity index is 785. The highest BCUT2D eigenvalue weighted by atomic mass is 19.2. The molecule has 0 saturated carbocycles. The first kappa shape index (κ1) is 16.1. The van der Waals surface area contributed by atoms with E-state index in [0.717, 1.165) is 12.1 Å². The normalized spacial score (nSPS) is 12.4. The first-order chi connectivity index (χ1) is 10.4. The smallest absolute Gasteiger partial charge is 0.343 e. The summed E-state index contributed by atoms with van der Waals surface area (Å²) in [5.41, 5.74) is -0.937. The molecule has 0 radical (unpaired) electrons. The first-order valence-corrected chi connectivity index (χ1v) is 6.72. The predicted octanol–water partition coefficient (Wildman–Crippen LogP) is 2.01. The van der Waals surface area contributed by atoms with Gasteiger partial charge < -0.3 is 14.4 Å². The maximum Gasteiger partial charge on any atom is 0.343 e. The van der Waals surface area contributed by atoms with Gasteiger partial charge in [0, 0.05) is 17.6 Å². The van der Waals surface area contributed by atoms with Crippen molar-refractivity contribution in [1.82, 2.24) is 4.57 Å². The van der Waals surface area contributed by atoms with Crippen molar-refractivity contribution in [3.8, 4) is 0 Å². The van der Waals surface area contributed by atoms with Gasteiger partial charge in [-0.05, 0) is 19.9 Å². The first-order valence-electron chi connectivity index (χ1n) is 6.72. The standard InChI is InChI=1S/C15H15F2NO4/c1-3-22-15(21)10-6-18(8(2)7-19)13-5-12(17)11(16)4-9(13)14(10)20/h4-6,8,19H,3,7H2,1-2H3. The monoisotopic (exact) mass is 311 g/mol. The van der Waals surface area contributed by atoms with Crippen LogP contribution in [0.25, 0.3) is 10.9 Å². The number of hydrogen-bond donors (Lipinski definition) is 1. The Balaban J connectivity index is 2.85. The lowest BCUT2D eigenvalue weighted by Gasteiger charge is -2.18. The van der Waals surface area contributed by atoms with Gasteiger partial charge in [0.1, 0.15) is 5.56 Å². The van der Waals surface area contributed by atoms with Gasteiger partial charge in [-0.15, -0.1) is 0 Å². The van der Waals surface area contributed by atoms with E-state index in [1.54, 1.807) is 13.8 Å². The van der Waals surface area contributed by atoms with E-state index < -0.39 is 29.1 Å². The van der Waals surface area contributed by atoms with E-state index in [2.05, 4.69) is 0 Å². The molecular formula is C15H15F2NO4. The molecule has 0 aliphatic rings. The van der Waals surface area contributed by atoms with Crippen molar-refractivity contribution < 1.29 is 23.4 Å². The highest BCUT2D eigenvalue weighted by Crippen LogP contribution is 2.20. The van der Waals surface area contributed by atoms with Crippen LogP contribution < -0.4 is 5.43 Å². The molecule has 2 rings (SSSR count). The molecule has 118 valence electrons. The highest BCUT2D eigenvalue weighted by Gasteiger charge is 2.20. The van der Waals surface area contributed by atoms with Crippen LogP contribution in [0.3, 0.4) is 0 Å². The van der Waals surface area contributed by atoms with Crippen LogP contribution in [0.4, 0.5) is 8.78 Å². The number of esters is 1. The maximum absolute atomic E-state index is 13.5. The lowest BCUT2D eigenvalue weighted by molar-refractivity contribution is 0.0523. The van der Waals surface area contributed by atoms with Crippen molar-refractivity contribution in [3.63, 3.8) is 0 Å². The number of pyridine rings is 1. The molecule has 0 aliphatic carbocycles. The van der Waals surface area contributed by atoms with Gasteiger partial charge in [-0.3, -0.25) is 4.79 Å². The van der Waals surface area contributed by atoms with Crippen molar-refractivity contribution in [2.75, 3.05) is 13.2 Å². The van der Waals surface area contributed by atoms with Crippen molar-refractivity contribution >= 4 is 16.9 Å². The van der Waals surface area contributed by atoms with Crippen molar-refractivity contribution in [2.24, 2.45) is 0 Å². The number of aromatic nitrogens is 1. The van der Waals surface area contributed by atoms with Gasteiger partial charge in [0.15, 0.2) is 11.6 Å². The van der Waals surface area contributed by atoms with E-state index in [9.17, 15) is 23.5 Å². The summed E-state index contributed by atoms with van der Waals surface area (Å²) in [4.78, 5) is 24.2. The van der Waals surface area contributed by atoms with Gasteiger partial charge in [-0.2, -0.15) is 0 Å². The summed E-state index contributed by atoms with van der Waals surface area (Å²) < 4.78 is 33.0. The minimum absolute atomic E-state index is 0.0731. The molecular weight excluding hydrogens is 296 g/mol. The quantitative estimate of drug-likeness (QED) is 0.877. The van der Waals surface area contributed by atoms with Crippen LogP contribution in [0, 0.1) is 11.6 Å². The highest BCUT2D eigenvalue weighted by molar-refractivity contribution is 5.93. The zero-order valence-electron chi connectivity index (χ0n) is 12.1. The molecule has 1 aromatic carbocycles. The Kier molecular flexibility index (Phi) is 4.56.